The number of nitriles is 2. The van der Waals surface area contributed by atoms with Crippen molar-refractivity contribution in [3.05, 3.63) is 84.8 Å². The first-order valence-corrected chi connectivity index (χ1v) is 11.6. The molecular weight excluding hydrogens is 448 g/mol. The maximum absolute atomic E-state index is 13.2. The summed E-state index contributed by atoms with van der Waals surface area (Å²) in [5, 5.41) is 20.0. The molecule has 2 heterocycles. The van der Waals surface area contributed by atoms with E-state index in [0.29, 0.717) is 33.7 Å². The van der Waals surface area contributed by atoms with Crippen LogP contribution in [0.15, 0.2) is 58.9 Å². The number of fused-ring (bicyclic) bond motifs is 1. The third-order valence-corrected chi connectivity index (χ3v) is 6.51. The molecule has 1 unspecified atom stereocenters. The van der Waals surface area contributed by atoms with Crippen molar-refractivity contribution in [2.45, 2.75) is 19.8 Å². The van der Waals surface area contributed by atoms with Gasteiger partial charge >= 0.3 is 0 Å². The Labute approximate surface area is 200 Å². The minimum Gasteiger partial charge on any atom is -0.494 e. The zero-order valence-corrected chi connectivity index (χ0v) is 19.6. The third kappa shape index (κ3) is 4.07. The van der Waals surface area contributed by atoms with E-state index >= 15 is 0 Å². The SMILES string of the molecule is CCOc1ccc(C=c2sc3n(c2=O)C(N)=C(C#N)C(c2ccc(OCC)cc2)C=3C#N)cc1. The van der Waals surface area contributed by atoms with Crippen molar-refractivity contribution in [2.75, 3.05) is 13.2 Å². The van der Waals surface area contributed by atoms with E-state index in [4.69, 9.17) is 15.2 Å². The van der Waals surface area contributed by atoms with Crippen LogP contribution in [0.2, 0.25) is 0 Å². The number of thiazole rings is 1. The lowest BCUT2D eigenvalue weighted by Gasteiger charge is -2.22. The minimum atomic E-state index is -0.665. The van der Waals surface area contributed by atoms with Gasteiger partial charge in [-0.2, -0.15) is 10.5 Å². The number of benzene rings is 2. The van der Waals surface area contributed by atoms with E-state index in [9.17, 15) is 15.3 Å². The highest BCUT2D eigenvalue weighted by Gasteiger charge is 2.32. The summed E-state index contributed by atoms with van der Waals surface area (Å²) in [6.07, 6.45) is 1.74. The molecule has 1 aromatic heterocycles. The molecular formula is C26H22N4O3S. The topological polar surface area (TPSA) is 114 Å². The number of nitrogens with zero attached hydrogens (tertiary/aromatic N) is 3. The first-order valence-electron chi connectivity index (χ1n) is 10.8. The van der Waals surface area contributed by atoms with Crippen LogP contribution in [0.1, 0.15) is 30.9 Å². The number of ether oxygens (including phenoxy) is 2. The van der Waals surface area contributed by atoms with E-state index in [0.717, 1.165) is 16.9 Å². The van der Waals surface area contributed by atoms with Crippen molar-refractivity contribution in [3.63, 3.8) is 0 Å². The van der Waals surface area contributed by atoms with Crippen molar-refractivity contribution in [1.82, 2.24) is 4.57 Å². The molecule has 0 saturated carbocycles. The molecule has 3 aromatic rings. The zero-order valence-electron chi connectivity index (χ0n) is 18.7. The Morgan fingerprint density at radius 1 is 0.971 bits per heavy atom. The molecule has 0 fully saturated rings. The van der Waals surface area contributed by atoms with Gasteiger partial charge < -0.3 is 15.2 Å². The summed E-state index contributed by atoms with van der Waals surface area (Å²) < 4.78 is 13.1. The van der Waals surface area contributed by atoms with Gasteiger partial charge in [-0.3, -0.25) is 9.36 Å². The molecule has 170 valence electrons. The maximum atomic E-state index is 13.2. The van der Waals surface area contributed by atoms with Crippen LogP contribution >= 0.6 is 11.3 Å². The molecule has 8 heteroatoms. The Morgan fingerprint density at radius 2 is 1.53 bits per heavy atom. The molecule has 7 nitrogen and oxygen atoms in total. The van der Waals surface area contributed by atoms with Crippen LogP contribution in [0.25, 0.3) is 17.5 Å². The zero-order chi connectivity index (χ0) is 24.2. The fourth-order valence-corrected chi connectivity index (χ4v) is 5.01. The van der Waals surface area contributed by atoms with E-state index in [1.54, 1.807) is 18.2 Å². The van der Waals surface area contributed by atoms with Gasteiger partial charge in [-0.15, -0.1) is 11.3 Å². The summed E-state index contributed by atoms with van der Waals surface area (Å²) in [4.78, 5) is 13.2. The van der Waals surface area contributed by atoms with E-state index < -0.39 is 5.92 Å². The van der Waals surface area contributed by atoms with Crippen molar-refractivity contribution in [1.29, 1.82) is 10.5 Å². The number of hydrogen-bond acceptors (Lipinski definition) is 7. The maximum Gasteiger partial charge on any atom is 0.274 e. The highest BCUT2D eigenvalue weighted by atomic mass is 32.1. The Kier molecular flexibility index (Phi) is 6.53. The van der Waals surface area contributed by atoms with Crippen LogP contribution in [-0.4, -0.2) is 17.8 Å². The normalized spacial score (nSPS) is 15.5. The average Bonchev–Trinajstić information content (AvgIpc) is 3.17. The van der Waals surface area contributed by atoms with Gasteiger partial charge in [0.1, 0.15) is 22.0 Å². The minimum absolute atomic E-state index is 0.0444. The second-order valence-electron chi connectivity index (χ2n) is 7.43. The van der Waals surface area contributed by atoms with Crippen LogP contribution in [0.3, 0.4) is 0 Å². The molecule has 2 aromatic carbocycles. The van der Waals surface area contributed by atoms with Gasteiger partial charge in [-0.1, -0.05) is 24.3 Å². The predicted molar refractivity (Wildman–Crippen MR) is 131 cm³/mol. The van der Waals surface area contributed by atoms with Crippen LogP contribution in [0, 0.1) is 22.7 Å². The summed E-state index contributed by atoms with van der Waals surface area (Å²) in [6, 6.07) is 18.9. The Hall–Kier alpha value is -4.27. The number of rotatable bonds is 6. The molecule has 2 N–H and O–H groups in total. The van der Waals surface area contributed by atoms with Gasteiger partial charge in [-0.05, 0) is 55.3 Å². The summed E-state index contributed by atoms with van der Waals surface area (Å²) in [5.41, 5.74) is 7.98. The first kappa shape index (κ1) is 22.9. The second-order valence-corrected chi connectivity index (χ2v) is 8.46. The Morgan fingerprint density at radius 3 is 2.06 bits per heavy atom. The molecule has 1 aliphatic heterocycles. The van der Waals surface area contributed by atoms with Crippen LogP contribution in [0.5, 0.6) is 11.5 Å². The highest BCUT2D eigenvalue weighted by molar-refractivity contribution is 7.07. The van der Waals surface area contributed by atoms with Gasteiger partial charge in [0.05, 0.1) is 46.9 Å². The van der Waals surface area contributed by atoms with Crippen LogP contribution < -0.4 is 30.0 Å². The molecule has 1 aliphatic rings. The number of nitrogens with two attached hydrogens (primary N) is 1. The molecule has 4 rings (SSSR count). The van der Waals surface area contributed by atoms with Crippen LogP contribution in [-0.2, 0) is 0 Å². The molecule has 1 atom stereocenters. The standard InChI is InChI=1S/C26H22N4O3S/c1-3-32-18-9-5-16(6-10-18)13-22-25(31)30-24(29)20(14-27)23(21(15-28)26(30)34-22)17-7-11-19(12-8-17)33-4-2/h5-13,23H,3-4,29H2,1-2H3. The Bertz CT molecular complexity index is 1520. The second kappa shape index (κ2) is 9.70. The first-order chi connectivity index (χ1) is 16.5. The van der Waals surface area contributed by atoms with Crippen molar-refractivity contribution in [2.24, 2.45) is 5.73 Å². The van der Waals surface area contributed by atoms with Crippen molar-refractivity contribution >= 4 is 28.8 Å². The van der Waals surface area contributed by atoms with Gasteiger partial charge in [0.25, 0.3) is 5.56 Å². The highest BCUT2D eigenvalue weighted by Crippen LogP contribution is 2.36. The molecule has 0 aliphatic carbocycles. The third-order valence-electron chi connectivity index (χ3n) is 5.40. The fraction of sp³-hybridized carbons (Fsp3) is 0.192. The molecule has 0 bridgehead atoms. The van der Waals surface area contributed by atoms with Gasteiger partial charge in [0, 0.05) is 0 Å². The number of hydrogen-bond donors (Lipinski definition) is 1. The summed E-state index contributed by atoms with van der Waals surface area (Å²) in [6.45, 7) is 4.90. The van der Waals surface area contributed by atoms with Crippen LogP contribution in [0.4, 0.5) is 0 Å². The van der Waals surface area contributed by atoms with Crippen molar-refractivity contribution in [3.8, 4) is 23.6 Å². The summed E-state index contributed by atoms with van der Waals surface area (Å²) in [7, 11) is 0. The van der Waals surface area contributed by atoms with E-state index in [1.165, 1.54) is 15.9 Å². The lowest BCUT2D eigenvalue weighted by atomic mass is 9.84. The number of aromatic nitrogens is 1. The predicted octanol–water partition coefficient (Wildman–Crippen LogP) is 2.66. The molecule has 0 spiro atoms. The lowest BCUT2D eigenvalue weighted by Crippen LogP contribution is -2.38. The smallest absolute Gasteiger partial charge is 0.274 e. The quantitative estimate of drug-likeness (QED) is 0.592. The monoisotopic (exact) mass is 470 g/mol. The molecule has 0 saturated heterocycles. The molecule has 0 radical (unpaired) electrons. The van der Waals surface area contributed by atoms with E-state index in [-0.39, 0.29) is 17.0 Å². The molecule has 0 amide bonds. The van der Waals surface area contributed by atoms with Gasteiger partial charge in [0.2, 0.25) is 0 Å². The van der Waals surface area contributed by atoms with Gasteiger partial charge in [-0.25, -0.2) is 0 Å². The lowest BCUT2D eigenvalue weighted by molar-refractivity contribution is 0.340. The summed E-state index contributed by atoms with van der Waals surface area (Å²) in [5.74, 6) is 0.812. The van der Waals surface area contributed by atoms with Crippen molar-refractivity contribution < 1.29 is 9.47 Å². The largest absolute Gasteiger partial charge is 0.494 e. The van der Waals surface area contributed by atoms with E-state index in [1.807, 2.05) is 50.2 Å². The Balaban J connectivity index is 1.90. The summed E-state index contributed by atoms with van der Waals surface area (Å²) >= 11 is 1.19. The number of allylic oxidation sites excluding steroid dienone is 1. The van der Waals surface area contributed by atoms with Gasteiger partial charge in [0.15, 0.2) is 0 Å². The van der Waals surface area contributed by atoms with E-state index in [2.05, 4.69) is 12.1 Å². The average molecular weight is 471 g/mol. The fourth-order valence-electron chi connectivity index (χ4n) is 3.89. The molecule has 34 heavy (non-hydrogen) atoms.